The van der Waals surface area contributed by atoms with Crippen LogP contribution in [0, 0.1) is 11.8 Å². The van der Waals surface area contributed by atoms with E-state index in [9.17, 15) is 0 Å². The Labute approximate surface area is 77.3 Å². The van der Waals surface area contributed by atoms with Crippen molar-refractivity contribution >= 4 is 22.6 Å². The van der Waals surface area contributed by atoms with Crippen LogP contribution in [0.5, 0.6) is 0 Å². The van der Waals surface area contributed by atoms with Gasteiger partial charge in [-0.15, -0.1) is 0 Å². The van der Waals surface area contributed by atoms with E-state index in [1.165, 1.54) is 6.42 Å². The highest BCUT2D eigenvalue weighted by Crippen LogP contribution is 2.21. The third-order valence-electron chi connectivity index (χ3n) is 2.18. The molecule has 0 amide bonds. The maximum absolute atomic E-state index is 9.05. The first-order valence-corrected chi connectivity index (χ1v) is 5.14. The summed E-state index contributed by atoms with van der Waals surface area (Å²) in [5, 5.41) is 9.05. The first-order chi connectivity index (χ1) is 4.57. The molecule has 0 rings (SSSR count). The summed E-state index contributed by atoms with van der Waals surface area (Å²) < 4.78 is -0.165. The van der Waals surface area contributed by atoms with E-state index in [-0.39, 0.29) is 4.11 Å². The zero-order chi connectivity index (χ0) is 8.15. The second-order valence-electron chi connectivity index (χ2n) is 3.03. The van der Waals surface area contributed by atoms with Crippen LogP contribution in [0.15, 0.2) is 0 Å². The van der Waals surface area contributed by atoms with E-state index in [1.54, 1.807) is 0 Å². The van der Waals surface area contributed by atoms with Crippen molar-refractivity contribution in [2.75, 3.05) is 0 Å². The summed E-state index contributed by atoms with van der Waals surface area (Å²) in [4.78, 5) is 0. The van der Waals surface area contributed by atoms with Crippen molar-refractivity contribution in [3.63, 3.8) is 0 Å². The van der Waals surface area contributed by atoms with Gasteiger partial charge in [-0.1, -0.05) is 49.8 Å². The lowest BCUT2D eigenvalue weighted by Crippen LogP contribution is -2.11. The number of aliphatic hydroxyl groups is 1. The lowest BCUT2D eigenvalue weighted by Gasteiger charge is -2.18. The molecular weight excluding hydrogens is 239 g/mol. The molecule has 1 nitrogen and oxygen atoms in total. The summed E-state index contributed by atoms with van der Waals surface area (Å²) >= 11 is 2.06. The molecule has 0 bridgehead atoms. The summed E-state index contributed by atoms with van der Waals surface area (Å²) in [7, 11) is 0. The highest BCUT2D eigenvalue weighted by Gasteiger charge is 2.12. The maximum atomic E-state index is 9.05. The van der Waals surface area contributed by atoms with Crippen molar-refractivity contribution in [3.8, 4) is 0 Å². The number of alkyl halides is 1. The van der Waals surface area contributed by atoms with Gasteiger partial charge in [0.2, 0.25) is 0 Å². The summed E-state index contributed by atoms with van der Waals surface area (Å²) in [6.45, 7) is 6.64. The number of hydrogen-bond acceptors (Lipinski definition) is 1. The van der Waals surface area contributed by atoms with Crippen molar-refractivity contribution in [2.45, 2.75) is 37.7 Å². The molecule has 0 aliphatic carbocycles. The number of hydrogen-bond donors (Lipinski definition) is 1. The zero-order valence-corrected chi connectivity index (χ0v) is 9.13. The van der Waals surface area contributed by atoms with Crippen LogP contribution in [-0.4, -0.2) is 9.22 Å². The Hall–Kier alpha value is 0.690. The van der Waals surface area contributed by atoms with Crippen molar-refractivity contribution in [1.29, 1.82) is 0 Å². The van der Waals surface area contributed by atoms with Gasteiger partial charge in [-0.05, 0) is 18.3 Å². The monoisotopic (exact) mass is 256 g/mol. The Kier molecular flexibility index (Phi) is 5.72. The molecule has 10 heavy (non-hydrogen) atoms. The molecule has 0 aliphatic rings. The van der Waals surface area contributed by atoms with Gasteiger partial charge in [0.25, 0.3) is 0 Å². The minimum atomic E-state index is -0.165. The smallest absolute Gasteiger partial charge is 0.105 e. The van der Waals surface area contributed by atoms with E-state index in [0.29, 0.717) is 5.92 Å². The fraction of sp³-hybridized carbons (Fsp3) is 1.00. The van der Waals surface area contributed by atoms with Gasteiger partial charge < -0.3 is 5.11 Å². The molecule has 0 aromatic rings. The molecule has 1 N–H and O–H groups in total. The number of rotatable bonds is 4. The topological polar surface area (TPSA) is 20.2 Å². The first-order valence-electron chi connectivity index (χ1n) is 3.90. The molecule has 0 saturated carbocycles. The van der Waals surface area contributed by atoms with Gasteiger partial charge in [-0.25, -0.2) is 0 Å². The molecule has 0 heterocycles. The van der Waals surface area contributed by atoms with Gasteiger partial charge in [-0.2, -0.15) is 0 Å². The molecule has 0 aromatic carbocycles. The molecular formula is C8H17IO. The Morgan fingerprint density at radius 3 is 2.10 bits per heavy atom. The Morgan fingerprint density at radius 1 is 1.30 bits per heavy atom. The van der Waals surface area contributed by atoms with Crippen molar-refractivity contribution < 1.29 is 5.11 Å². The molecule has 0 saturated heterocycles. The van der Waals surface area contributed by atoms with Crippen LogP contribution >= 0.6 is 22.6 Å². The first kappa shape index (κ1) is 10.7. The normalized spacial score (nSPS) is 20.1. The van der Waals surface area contributed by atoms with Gasteiger partial charge in [0.1, 0.15) is 4.11 Å². The van der Waals surface area contributed by atoms with Crippen LogP contribution in [0.4, 0.5) is 0 Å². The minimum Gasteiger partial charge on any atom is -0.383 e. The summed E-state index contributed by atoms with van der Waals surface area (Å²) in [5.41, 5.74) is 0. The van der Waals surface area contributed by atoms with E-state index in [4.69, 9.17) is 5.11 Å². The lowest BCUT2D eigenvalue weighted by molar-refractivity contribution is 0.217. The van der Waals surface area contributed by atoms with E-state index >= 15 is 0 Å². The van der Waals surface area contributed by atoms with E-state index in [2.05, 4.69) is 43.4 Å². The number of aliphatic hydroxyl groups excluding tert-OH is 1. The molecule has 2 heteroatoms. The van der Waals surface area contributed by atoms with Gasteiger partial charge >= 0.3 is 0 Å². The summed E-state index contributed by atoms with van der Waals surface area (Å²) in [6, 6.07) is 0. The SMILES string of the molecule is CCC(C)C(C)CC(O)I. The zero-order valence-electron chi connectivity index (χ0n) is 6.97. The highest BCUT2D eigenvalue weighted by atomic mass is 127. The Balaban J connectivity index is 3.50. The average Bonchev–Trinajstić information content (AvgIpc) is 1.85. The van der Waals surface area contributed by atoms with Crippen molar-refractivity contribution in [1.82, 2.24) is 0 Å². The molecule has 0 spiro atoms. The summed E-state index contributed by atoms with van der Waals surface area (Å²) in [5.74, 6) is 1.39. The van der Waals surface area contributed by atoms with E-state index in [1.807, 2.05) is 0 Å². The third-order valence-corrected chi connectivity index (χ3v) is 2.69. The molecule has 0 fully saturated rings. The lowest BCUT2D eigenvalue weighted by atomic mass is 9.91. The third kappa shape index (κ3) is 4.50. The molecule has 62 valence electrons. The molecule has 0 radical (unpaired) electrons. The van der Waals surface area contributed by atoms with E-state index < -0.39 is 0 Å². The largest absolute Gasteiger partial charge is 0.383 e. The maximum Gasteiger partial charge on any atom is 0.105 e. The van der Waals surface area contributed by atoms with Gasteiger partial charge in [0, 0.05) is 0 Å². The van der Waals surface area contributed by atoms with Crippen molar-refractivity contribution in [3.05, 3.63) is 0 Å². The van der Waals surface area contributed by atoms with Crippen LogP contribution in [-0.2, 0) is 0 Å². The fourth-order valence-corrected chi connectivity index (χ4v) is 1.74. The molecule has 0 aromatic heterocycles. The molecule has 0 aliphatic heterocycles. The average molecular weight is 256 g/mol. The van der Waals surface area contributed by atoms with Crippen LogP contribution in [0.1, 0.15) is 33.6 Å². The minimum absolute atomic E-state index is 0.165. The van der Waals surface area contributed by atoms with Gasteiger partial charge in [0.05, 0.1) is 0 Å². The summed E-state index contributed by atoms with van der Waals surface area (Å²) in [6.07, 6.45) is 2.14. The highest BCUT2D eigenvalue weighted by molar-refractivity contribution is 14.1. The predicted octanol–water partition coefficient (Wildman–Crippen LogP) is 2.81. The van der Waals surface area contributed by atoms with Crippen LogP contribution in [0.2, 0.25) is 0 Å². The molecule has 3 atom stereocenters. The van der Waals surface area contributed by atoms with E-state index in [0.717, 1.165) is 12.3 Å². The Bertz CT molecular complexity index is 83.3. The number of halogens is 1. The fourth-order valence-electron chi connectivity index (χ4n) is 0.941. The van der Waals surface area contributed by atoms with Gasteiger partial charge in [-0.3, -0.25) is 0 Å². The van der Waals surface area contributed by atoms with Crippen LogP contribution < -0.4 is 0 Å². The van der Waals surface area contributed by atoms with Gasteiger partial charge in [0.15, 0.2) is 0 Å². The predicted molar refractivity (Wildman–Crippen MR) is 53.3 cm³/mol. The second-order valence-corrected chi connectivity index (χ2v) is 4.47. The van der Waals surface area contributed by atoms with Crippen LogP contribution in [0.3, 0.4) is 0 Å². The Morgan fingerprint density at radius 2 is 1.80 bits per heavy atom. The van der Waals surface area contributed by atoms with Crippen LogP contribution in [0.25, 0.3) is 0 Å². The quantitative estimate of drug-likeness (QED) is 0.605. The standard InChI is InChI=1S/C8H17IO/c1-4-6(2)7(3)5-8(9)10/h6-8,10H,4-5H2,1-3H3. The van der Waals surface area contributed by atoms with Crippen molar-refractivity contribution in [2.24, 2.45) is 11.8 Å². The molecule has 3 unspecified atom stereocenters. The second kappa shape index (κ2) is 5.35.